The summed E-state index contributed by atoms with van der Waals surface area (Å²) in [6, 6.07) is 12.2. The zero-order chi connectivity index (χ0) is 17.8. The van der Waals surface area contributed by atoms with E-state index in [-0.39, 0.29) is 17.9 Å². The normalized spacial score (nSPS) is 16.3. The van der Waals surface area contributed by atoms with Gasteiger partial charge in [-0.3, -0.25) is 4.79 Å². The molecule has 1 fully saturated rings. The van der Waals surface area contributed by atoms with Crippen LogP contribution in [0.2, 0.25) is 0 Å². The average molecular weight is 341 g/mol. The highest BCUT2D eigenvalue weighted by Crippen LogP contribution is 2.22. The van der Waals surface area contributed by atoms with Crippen molar-refractivity contribution in [1.29, 1.82) is 0 Å². The van der Waals surface area contributed by atoms with Crippen LogP contribution in [0.3, 0.4) is 0 Å². The zero-order valence-electron chi connectivity index (χ0n) is 15.3. The Balaban J connectivity index is 1.82. The van der Waals surface area contributed by atoms with Gasteiger partial charge in [0, 0.05) is 24.6 Å². The Morgan fingerprint density at radius 2 is 1.96 bits per heavy atom. The van der Waals surface area contributed by atoms with E-state index in [2.05, 4.69) is 29.2 Å². The molecule has 0 unspecified atom stereocenters. The van der Waals surface area contributed by atoms with E-state index in [1.807, 2.05) is 36.9 Å². The number of hydrogen-bond acceptors (Lipinski definition) is 4. The number of carbonyl (C=O) groups is 1. The van der Waals surface area contributed by atoms with Gasteiger partial charge in [0.15, 0.2) is 5.69 Å². The molecule has 1 amide bonds. The molecule has 0 aliphatic carbocycles. The minimum atomic E-state index is -0.0333. The number of benzene rings is 1. The molecule has 1 aromatic carbocycles. The van der Waals surface area contributed by atoms with E-state index in [9.17, 15) is 4.79 Å². The van der Waals surface area contributed by atoms with Gasteiger partial charge in [0.2, 0.25) is 0 Å². The summed E-state index contributed by atoms with van der Waals surface area (Å²) in [4.78, 5) is 17.4. The minimum absolute atomic E-state index is 0.0333. The smallest absolute Gasteiger partial charge is 0.276 e. The lowest BCUT2D eigenvalue weighted by Crippen LogP contribution is -2.46. The molecular formula is C20H27N3O2. The minimum Gasteiger partial charge on any atom is -0.360 e. The summed E-state index contributed by atoms with van der Waals surface area (Å²) in [5.74, 6) is 0.945. The Hall–Kier alpha value is -2.14. The second kappa shape index (κ2) is 7.83. The first-order valence-corrected chi connectivity index (χ1v) is 9.04. The molecule has 5 nitrogen and oxygen atoms in total. The van der Waals surface area contributed by atoms with Crippen molar-refractivity contribution >= 4 is 5.91 Å². The monoisotopic (exact) mass is 341 g/mol. The summed E-state index contributed by atoms with van der Waals surface area (Å²) in [6.45, 7) is 6.71. The predicted molar refractivity (Wildman–Crippen MR) is 97.4 cm³/mol. The van der Waals surface area contributed by atoms with Crippen LogP contribution in [-0.2, 0) is 6.54 Å². The first-order valence-electron chi connectivity index (χ1n) is 9.04. The van der Waals surface area contributed by atoms with E-state index in [0.717, 1.165) is 37.3 Å². The predicted octanol–water partition coefficient (Wildman–Crippen LogP) is 3.53. The van der Waals surface area contributed by atoms with Crippen molar-refractivity contribution in [2.75, 3.05) is 20.1 Å². The van der Waals surface area contributed by atoms with Gasteiger partial charge in [-0.05, 0) is 38.5 Å². The molecule has 3 rings (SSSR count). The van der Waals surface area contributed by atoms with E-state index in [4.69, 9.17) is 4.52 Å². The fourth-order valence-corrected chi connectivity index (χ4v) is 3.26. The van der Waals surface area contributed by atoms with Crippen LogP contribution in [0.4, 0.5) is 0 Å². The second-order valence-electron chi connectivity index (χ2n) is 7.22. The molecular weight excluding hydrogens is 314 g/mol. The molecule has 0 radical (unpaired) electrons. The molecule has 0 atom stereocenters. The maximum absolute atomic E-state index is 13.2. The summed E-state index contributed by atoms with van der Waals surface area (Å²) in [7, 11) is 2.13. The average Bonchev–Trinajstić information content (AvgIpc) is 3.11. The van der Waals surface area contributed by atoms with Gasteiger partial charge in [-0.25, -0.2) is 0 Å². The standard InChI is InChI=1S/C20H27N3O2/c1-15(2)19-13-18(21-25-19)20(24)23(14-16-7-5-4-6-8-16)17-9-11-22(3)12-10-17/h4-8,13,15,17H,9-12,14H2,1-3H3. The number of likely N-dealkylation sites (tertiary alicyclic amines) is 1. The van der Waals surface area contributed by atoms with Crippen molar-refractivity contribution in [3.05, 3.63) is 53.4 Å². The van der Waals surface area contributed by atoms with Crippen LogP contribution in [0, 0.1) is 0 Å². The first-order chi connectivity index (χ1) is 12.0. The Labute approximate surface area is 149 Å². The van der Waals surface area contributed by atoms with Crippen molar-refractivity contribution < 1.29 is 9.32 Å². The summed E-state index contributed by atoms with van der Waals surface area (Å²) in [5.41, 5.74) is 1.56. The van der Waals surface area contributed by atoms with Crippen molar-refractivity contribution in [2.45, 2.75) is 45.2 Å². The van der Waals surface area contributed by atoms with Gasteiger partial charge < -0.3 is 14.3 Å². The summed E-state index contributed by atoms with van der Waals surface area (Å²) >= 11 is 0. The number of hydrogen-bond donors (Lipinski definition) is 0. The van der Waals surface area contributed by atoms with E-state index >= 15 is 0 Å². The number of piperidine rings is 1. The van der Waals surface area contributed by atoms with E-state index in [0.29, 0.717) is 12.2 Å². The SMILES string of the molecule is CC(C)c1cc(C(=O)N(Cc2ccccc2)C2CCN(C)CC2)no1. The molecule has 0 saturated carbocycles. The molecule has 1 saturated heterocycles. The van der Waals surface area contributed by atoms with Gasteiger partial charge in [-0.1, -0.05) is 49.3 Å². The van der Waals surface area contributed by atoms with Crippen LogP contribution in [0.1, 0.15) is 54.4 Å². The topological polar surface area (TPSA) is 49.6 Å². The van der Waals surface area contributed by atoms with Crippen LogP contribution in [0.25, 0.3) is 0 Å². The molecule has 134 valence electrons. The van der Waals surface area contributed by atoms with E-state index in [1.54, 1.807) is 6.07 Å². The van der Waals surface area contributed by atoms with Crippen LogP contribution in [0.15, 0.2) is 40.9 Å². The van der Waals surface area contributed by atoms with Gasteiger partial charge >= 0.3 is 0 Å². The molecule has 2 heterocycles. The number of amides is 1. The second-order valence-corrected chi connectivity index (χ2v) is 7.22. The van der Waals surface area contributed by atoms with Gasteiger partial charge in [0.1, 0.15) is 5.76 Å². The van der Waals surface area contributed by atoms with Gasteiger partial charge in [-0.15, -0.1) is 0 Å². The molecule has 1 aliphatic heterocycles. The molecule has 0 spiro atoms. The van der Waals surface area contributed by atoms with Crippen LogP contribution >= 0.6 is 0 Å². The molecule has 0 N–H and O–H groups in total. The lowest BCUT2D eigenvalue weighted by atomic mass is 10.0. The zero-order valence-corrected chi connectivity index (χ0v) is 15.3. The summed E-state index contributed by atoms with van der Waals surface area (Å²) in [5, 5.41) is 4.03. The third-order valence-corrected chi connectivity index (χ3v) is 4.90. The summed E-state index contributed by atoms with van der Waals surface area (Å²) < 4.78 is 5.35. The Bertz CT molecular complexity index is 688. The number of nitrogens with zero attached hydrogens (tertiary/aromatic N) is 3. The van der Waals surface area contributed by atoms with Crippen molar-refractivity contribution in [3.8, 4) is 0 Å². The molecule has 2 aromatic rings. The highest BCUT2D eigenvalue weighted by Gasteiger charge is 2.29. The third kappa shape index (κ3) is 4.28. The molecule has 0 bridgehead atoms. The highest BCUT2D eigenvalue weighted by molar-refractivity contribution is 5.92. The number of carbonyl (C=O) groups excluding carboxylic acids is 1. The molecule has 1 aromatic heterocycles. The van der Waals surface area contributed by atoms with E-state index in [1.165, 1.54) is 0 Å². The lowest BCUT2D eigenvalue weighted by molar-refractivity contribution is 0.0559. The maximum Gasteiger partial charge on any atom is 0.276 e. The largest absolute Gasteiger partial charge is 0.360 e. The Kier molecular flexibility index (Phi) is 5.53. The number of rotatable bonds is 5. The fourth-order valence-electron chi connectivity index (χ4n) is 3.26. The number of aromatic nitrogens is 1. The maximum atomic E-state index is 13.2. The quantitative estimate of drug-likeness (QED) is 0.835. The van der Waals surface area contributed by atoms with Crippen LogP contribution in [0.5, 0.6) is 0 Å². The van der Waals surface area contributed by atoms with Crippen molar-refractivity contribution in [2.24, 2.45) is 0 Å². The molecule has 5 heteroatoms. The third-order valence-electron chi connectivity index (χ3n) is 4.90. The summed E-state index contributed by atoms with van der Waals surface area (Å²) in [6.07, 6.45) is 1.98. The van der Waals surface area contributed by atoms with Crippen molar-refractivity contribution in [1.82, 2.24) is 15.0 Å². The van der Waals surface area contributed by atoms with Gasteiger partial charge in [0.25, 0.3) is 5.91 Å². The first kappa shape index (κ1) is 17.7. The Morgan fingerprint density at radius 1 is 1.28 bits per heavy atom. The van der Waals surface area contributed by atoms with Gasteiger partial charge in [-0.2, -0.15) is 0 Å². The van der Waals surface area contributed by atoms with Gasteiger partial charge in [0.05, 0.1) is 0 Å². The lowest BCUT2D eigenvalue weighted by Gasteiger charge is -2.37. The Morgan fingerprint density at radius 3 is 2.56 bits per heavy atom. The molecule has 1 aliphatic rings. The van der Waals surface area contributed by atoms with Crippen LogP contribution in [-0.4, -0.2) is 47.0 Å². The molecule has 25 heavy (non-hydrogen) atoms. The highest BCUT2D eigenvalue weighted by atomic mass is 16.5. The van der Waals surface area contributed by atoms with E-state index < -0.39 is 0 Å². The van der Waals surface area contributed by atoms with Crippen molar-refractivity contribution in [3.63, 3.8) is 0 Å². The van der Waals surface area contributed by atoms with Crippen LogP contribution < -0.4 is 0 Å². The fraction of sp³-hybridized carbons (Fsp3) is 0.500.